The van der Waals surface area contributed by atoms with Gasteiger partial charge >= 0.3 is 5.97 Å². The SMILES string of the molecule is Cc1nc(C(C)(C)C)sc1C(=O)NCc1cccc(-n2ccc(C(=O)O)n2)c1. The Hall–Kier alpha value is -3.00. The first kappa shape index (κ1) is 19.8. The molecule has 3 aromatic rings. The van der Waals surface area contributed by atoms with Crippen LogP contribution in [0.1, 0.15) is 57.2 Å². The van der Waals surface area contributed by atoms with Crippen molar-refractivity contribution < 1.29 is 14.7 Å². The van der Waals surface area contributed by atoms with Gasteiger partial charge in [-0.1, -0.05) is 32.9 Å². The second-order valence-electron chi connectivity index (χ2n) is 7.49. The van der Waals surface area contributed by atoms with Crippen LogP contribution in [0.25, 0.3) is 5.69 Å². The first-order valence-electron chi connectivity index (χ1n) is 8.79. The number of nitrogens with one attached hydrogen (secondary N) is 1. The second-order valence-corrected chi connectivity index (χ2v) is 8.49. The van der Waals surface area contributed by atoms with Crippen molar-refractivity contribution in [3.8, 4) is 5.69 Å². The molecule has 1 aromatic carbocycles. The van der Waals surface area contributed by atoms with Crippen molar-refractivity contribution in [1.82, 2.24) is 20.1 Å². The number of nitrogens with zero attached hydrogens (tertiary/aromatic N) is 3. The number of thiazole rings is 1. The summed E-state index contributed by atoms with van der Waals surface area (Å²) in [6.45, 7) is 8.41. The van der Waals surface area contributed by atoms with E-state index in [1.54, 1.807) is 6.20 Å². The number of aryl methyl sites for hydroxylation is 1. The summed E-state index contributed by atoms with van der Waals surface area (Å²) in [5.41, 5.74) is 2.23. The summed E-state index contributed by atoms with van der Waals surface area (Å²) < 4.78 is 1.50. The molecule has 0 atom stereocenters. The van der Waals surface area contributed by atoms with Gasteiger partial charge in [0.15, 0.2) is 5.69 Å². The van der Waals surface area contributed by atoms with Gasteiger partial charge in [0.25, 0.3) is 5.91 Å². The average molecular weight is 398 g/mol. The molecule has 28 heavy (non-hydrogen) atoms. The zero-order valence-electron chi connectivity index (χ0n) is 16.2. The Balaban J connectivity index is 1.72. The van der Waals surface area contributed by atoms with Crippen LogP contribution in [0.5, 0.6) is 0 Å². The molecule has 2 N–H and O–H groups in total. The Morgan fingerprint density at radius 2 is 2.00 bits per heavy atom. The highest BCUT2D eigenvalue weighted by Gasteiger charge is 2.23. The van der Waals surface area contributed by atoms with Crippen molar-refractivity contribution in [3.63, 3.8) is 0 Å². The minimum absolute atomic E-state index is 0.0194. The highest BCUT2D eigenvalue weighted by atomic mass is 32.1. The predicted octanol–water partition coefficient (Wildman–Crippen LogP) is 3.56. The Bertz CT molecular complexity index is 1030. The Morgan fingerprint density at radius 3 is 2.61 bits per heavy atom. The van der Waals surface area contributed by atoms with Gasteiger partial charge in [-0.2, -0.15) is 5.10 Å². The number of amides is 1. The maximum absolute atomic E-state index is 12.6. The van der Waals surface area contributed by atoms with Gasteiger partial charge in [-0.15, -0.1) is 11.3 Å². The van der Waals surface area contributed by atoms with Gasteiger partial charge < -0.3 is 10.4 Å². The van der Waals surface area contributed by atoms with Crippen LogP contribution in [0.15, 0.2) is 36.5 Å². The molecule has 0 saturated carbocycles. The maximum atomic E-state index is 12.6. The van der Waals surface area contributed by atoms with Gasteiger partial charge in [-0.3, -0.25) is 4.79 Å². The Kier molecular flexibility index (Phi) is 5.33. The van der Waals surface area contributed by atoms with Crippen LogP contribution in [0.4, 0.5) is 0 Å². The lowest BCUT2D eigenvalue weighted by atomic mass is 9.98. The van der Waals surface area contributed by atoms with E-state index < -0.39 is 5.97 Å². The summed E-state index contributed by atoms with van der Waals surface area (Å²) in [6.07, 6.45) is 1.59. The van der Waals surface area contributed by atoms with Crippen molar-refractivity contribution in [1.29, 1.82) is 0 Å². The van der Waals surface area contributed by atoms with Crippen molar-refractivity contribution in [2.75, 3.05) is 0 Å². The summed E-state index contributed by atoms with van der Waals surface area (Å²) >= 11 is 1.42. The molecule has 0 fully saturated rings. The van der Waals surface area contributed by atoms with E-state index in [1.165, 1.54) is 22.1 Å². The van der Waals surface area contributed by atoms with Gasteiger partial charge in [0.1, 0.15) is 4.88 Å². The quantitative estimate of drug-likeness (QED) is 0.685. The number of aromatic carboxylic acids is 1. The number of rotatable bonds is 5. The first-order chi connectivity index (χ1) is 13.1. The number of carboxylic acids is 1. The van der Waals surface area contributed by atoms with E-state index in [1.807, 2.05) is 31.2 Å². The zero-order valence-corrected chi connectivity index (χ0v) is 17.0. The predicted molar refractivity (Wildman–Crippen MR) is 107 cm³/mol. The van der Waals surface area contributed by atoms with E-state index in [9.17, 15) is 9.59 Å². The lowest BCUT2D eigenvalue weighted by molar-refractivity contribution is 0.0689. The van der Waals surface area contributed by atoms with Crippen molar-refractivity contribution in [2.24, 2.45) is 0 Å². The molecule has 0 radical (unpaired) electrons. The van der Waals surface area contributed by atoms with E-state index in [0.29, 0.717) is 11.4 Å². The van der Waals surface area contributed by atoms with Crippen LogP contribution in [0, 0.1) is 6.92 Å². The van der Waals surface area contributed by atoms with Gasteiger partial charge in [-0.05, 0) is 30.7 Å². The maximum Gasteiger partial charge on any atom is 0.356 e. The first-order valence-corrected chi connectivity index (χ1v) is 9.61. The summed E-state index contributed by atoms with van der Waals surface area (Å²) in [6, 6.07) is 8.86. The van der Waals surface area contributed by atoms with Crippen LogP contribution < -0.4 is 5.32 Å². The van der Waals surface area contributed by atoms with Crippen LogP contribution in [0.3, 0.4) is 0 Å². The summed E-state index contributed by atoms with van der Waals surface area (Å²) in [5, 5.41) is 16.9. The molecule has 146 valence electrons. The van der Waals surface area contributed by atoms with Gasteiger partial charge in [0.2, 0.25) is 0 Å². The number of aromatic nitrogens is 3. The van der Waals surface area contributed by atoms with E-state index in [-0.39, 0.29) is 17.0 Å². The molecule has 0 saturated heterocycles. The van der Waals surface area contributed by atoms with Gasteiger partial charge in [0, 0.05) is 18.2 Å². The highest BCUT2D eigenvalue weighted by Crippen LogP contribution is 2.29. The average Bonchev–Trinajstić information content (AvgIpc) is 3.27. The molecule has 2 heterocycles. The van der Waals surface area contributed by atoms with Crippen molar-refractivity contribution >= 4 is 23.2 Å². The van der Waals surface area contributed by atoms with Gasteiger partial charge in [-0.25, -0.2) is 14.5 Å². The highest BCUT2D eigenvalue weighted by molar-refractivity contribution is 7.14. The third-order valence-corrected chi connectivity index (χ3v) is 5.66. The summed E-state index contributed by atoms with van der Waals surface area (Å²) in [5.74, 6) is -1.22. The molecule has 1 amide bonds. The number of carboxylic acid groups (broad SMARTS) is 1. The van der Waals surface area contributed by atoms with E-state index in [4.69, 9.17) is 5.11 Å². The monoisotopic (exact) mass is 398 g/mol. The largest absolute Gasteiger partial charge is 0.476 e. The third kappa shape index (κ3) is 4.28. The van der Waals surface area contributed by atoms with Crippen molar-refractivity contribution in [2.45, 2.75) is 39.7 Å². The number of hydrogen-bond acceptors (Lipinski definition) is 5. The molecule has 0 aliphatic rings. The Labute approximate surface area is 167 Å². The van der Waals surface area contributed by atoms with Crippen LogP contribution in [-0.2, 0) is 12.0 Å². The van der Waals surface area contributed by atoms with Crippen molar-refractivity contribution in [3.05, 3.63) is 63.4 Å². The molecule has 0 aliphatic heterocycles. The van der Waals surface area contributed by atoms with Crippen LogP contribution in [0.2, 0.25) is 0 Å². The van der Waals surface area contributed by atoms with Gasteiger partial charge in [0.05, 0.1) is 16.4 Å². The van der Waals surface area contributed by atoms with E-state index >= 15 is 0 Å². The zero-order chi connectivity index (χ0) is 20.5. The topological polar surface area (TPSA) is 97.1 Å². The summed E-state index contributed by atoms with van der Waals surface area (Å²) in [7, 11) is 0. The molecule has 0 spiro atoms. The number of carbonyl (C=O) groups excluding carboxylic acids is 1. The smallest absolute Gasteiger partial charge is 0.356 e. The molecule has 0 aliphatic carbocycles. The molecule has 0 bridgehead atoms. The summed E-state index contributed by atoms with van der Waals surface area (Å²) in [4.78, 5) is 28.7. The number of hydrogen-bond donors (Lipinski definition) is 2. The minimum Gasteiger partial charge on any atom is -0.476 e. The fourth-order valence-corrected chi connectivity index (χ4v) is 3.62. The van der Waals surface area contributed by atoms with Crippen LogP contribution in [-0.4, -0.2) is 31.7 Å². The second kappa shape index (κ2) is 7.55. The third-order valence-electron chi connectivity index (χ3n) is 4.08. The van der Waals surface area contributed by atoms with E-state index in [0.717, 1.165) is 22.0 Å². The molecule has 7 nitrogen and oxygen atoms in total. The van der Waals surface area contributed by atoms with E-state index in [2.05, 4.69) is 36.2 Å². The normalized spacial score (nSPS) is 11.4. The number of carbonyl (C=O) groups is 2. The fourth-order valence-electron chi connectivity index (χ4n) is 2.58. The molecular formula is C20H22N4O3S. The fraction of sp³-hybridized carbons (Fsp3) is 0.300. The molecule has 2 aromatic heterocycles. The van der Waals surface area contributed by atoms with Crippen LogP contribution >= 0.6 is 11.3 Å². The lowest BCUT2D eigenvalue weighted by Crippen LogP contribution is -2.22. The molecule has 0 unspecified atom stereocenters. The lowest BCUT2D eigenvalue weighted by Gasteiger charge is -2.13. The molecule has 3 rings (SSSR count). The number of benzene rings is 1. The Morgan fingerprint density at radius 1 is 1.25 bits per heavy atom. The standard InChI is InChI=1S/C20H22N4O3S/c1-12-16(28-19(22-12)20(2,3)4)17(25)21-11-13-6-5-7-14(10-13)24-9-8-15(23-24)18(26)27/h5-10H,11H2,1-4H3,(H,21,25)(H,26,27). The molecular weight excluding hydrogens is 376 g/mol. The minimum atomic E-state index is -1.07. The molecule has 8 heteroatoms.